The van der Waals surface area contributed by atoms with E-state index in [0.29, 0.717) is 37.8 Å². The number of aromatic nitrogens is 5. The molecule has 0 bridgehead atoms. The van der Waals surface area contributed by atoms with Crippen LogP contribution < -0.4 is 16.0 Å². The number of hydrogen-bond acceptors (Lipinski definition) is 9. The van der Waals surface area contributed by atoms with Gasteiger partial charge < -0.3 is 16.0 Å². The zero-order valence-corrected chi connectivity index (χ0v) is 21.2. The Hall–Kier alpha value is -4.09. The lowest BCUT2D eigenvalue weighted by atomic mass is 10.2. The molecule has 0 aliphatic carbocycles. The fraction of sp³-hybridized carbons (Fsp3) is 0.231. The van der Waals surface area contributed by atoms with Crippen molar-refractivity contribution in [2.75, 3.05) is 42.3 Å². The highest BCUT2D eigenvalue weighted by molar-refractivity contribution is 7.90. The third-order valence-electron chi connectivity index (χ3n) is 5.86. The molecule has 3 N–H and O–H groups in total. The van der Waals surface area contributed by atoms with Crippen molar-refractivity contribution in [3.63, 3.8) is 0 Å². The van der Waals surface area contributed by atoms with Crippen LogP contribution in [0.5, 0.6) is 0 Å². The van der Waals surface area contributed by atoms with Crippen molar-refractivity contribution in [1.82, 2.24) is 30.0 Å². The number of hydrogen-bond donors (Lipinski definition) is 3. The van der Waals surface area contributed by atoms with Gasteiger partial charge in [-0.3, -0.25) is 4.68 Å². The molecule has 2 aromatic carbocycles. The number of pyridine rings is 1. The van der Waals surface area contributed by atoms with Crippen molar-refractivity contribution in [2.24, 2.45) is 0 Å². The van der Waals surface area contributed by atoms with Gasteiger partial charge in [0.2, 0.25) is 0 Å². The quantitative estimate of drug-likeness (QED) is 0.227. The van der Waals surface area contributed by atoms with Crippen LogP contribution >= 0.6 is 0 Å². The van der Waals surface area contributed by atoms with Gasteiger partial charge in [-0.15, -0.1) is 0 Å². The van der Waals surface area contributed by atoms with E-state index in [1.54, 1.807) is 6.20 Å². The average molecular weight is 517 g/mol. The molecule has 0 saturated carbocycles. The highest BCUT2D eigenvalue weighted by atomic mass is 32.2. The minimum Gasteiger partial charge on any atom is -0.369 e. The fourth-order valence-corrected chi connectivity index (χ4v) is 4.52. The lowest BCUT2D eigenvalue weighted by molar-refractivity contribution is 0.597. The largest absolute Gasteiger partial charge is 0.369 e. The van der Waals surface area contributed by atoms with Crippen molar-refractivity contribution in [3.05, 3.63) is 78.9 Å². The minimum atomic E-state index is -2.96. The molecule has 3 heterocycles. The molecule has 11 heteroatoms. The number of rotatable bonds is 11. The first-order chi connectivity index (χ1) is 17.9. The predicted octanol–water partition coefficient (Wildman–Crippen LogP) is 3.21. The summed E-state index contributed by atoms with van der Waals surface area (Å²) < 4.78 is 24.4. The first kappa shape index (κ1) is 24.6. The Morgan fingerprint density at radius 1 is 0.919 bits per heavy atom. The van der Waals surface area contributed by atoms with Crippen LogP contribution in [0.1, 0.15) is 5.56 Å². The summed E-state index contributed by atoms with van der Waals surface area (Å²) in [6.45, 7) is 2.35. The van der Waals surface area contributed by atoms with Crippen molar-refractivity contribution >= 4 is 49.0 Å². The summed E-state index contributed by atoms with van der Waals surface area (Å²) in [6, 6.07) is 18.3. The molecule has 0 spiro atoms. The Kier molecular flexibility index (Phi) is 7.24. The Balaban J connectivity index is 1.27. The van der Waals surface area contributed by atoms with Crippen LogP contribution in [0.25, 0.3) is 21.8 Å². The third-order valence-corrected chi connectivity index (χ3v) is 6.80. The zero-order valence-electron chi connectivity index (χ0n) is 20.4. The maximum absolute atomic E-state index is 11.2. The van der Waals surface area contributed by atoms with Crippen LogP contribution in [0.2, 0.25) is 0 Å². The molecule has 0 amide bonds. The van der Waals surface area contributed by atoms with E-state index < -0.39 is 9.84 Å². The number of nitrogens with one attached hydrogen (secondary N) is 3. The number of benzene rings is 2. The topological polar surface area (TPSA) is 127 Å². The Morgan fingerprint density at radius 2 is 1.78 bits per heavy atom. The first-order valence-corrected chi connectivity index (χ1v) is 14.0. The van der Waals surface area contributed by atoms with Crippen molar-refractivity contribution in [3.8, 4) is 0 Å². The molecular weight excluding hydrogens is 488 g/mol. The lowest BCUT2D eigenvalue weighted by Gasteiger charge is -2.11. The summed E-state index contributed by atoms with van der Waals surface area (Å²) in [7, 11) is -2.96. The van der Waals surface area contributed by atoms with Crippen molar-refractivity contribution in [2.45, 2.75) is 6.54 Å². The first-order valence-electron chi connectivity index (χ1n) is 11.9. The maximum Gasteiger partial charge on any atom is 0.148 e. The monoisotopic (exact) mass is 516 g/mol. The van der Waals surface area contributed by atoms with E-state index in [9.17, 15) is 8.42 Å². The number of sulfone groups is 1. The fourth-order valence-electron chi connectivity index (χ4n) is 4.00. The summed E-state index contributed by atoms with van der Waals surface area (Å²) in [5.74, 6) is 1.48. The van der Waals surface area contributed by atoms with Crippen LogP contribution in [0.15, 0.2) is 73.3 Å². The van der Waals surface area contributed by atoms with E-state index in [0.717, 1.165) is 27.5 Å². The average Bonchev–Trinajstić information content (AvgIpc) is 3.28. The van der Waals surface area contributed by atoms with Gasteiger partial charge in [0.05, 0.1) is 35.7 Å². The van der Waals surface area contributed by atoms with Crippen LogP contribution in [0.3, 0.4) is 0 Å². The second-order valence-electron chi connectivity index (χ2n) is 8.80. The van der Waals surface area contributed by atoms with Gasteiger partial charge >= 0.3 is 0 Å². The van der Waals surface area contributed by atoms with Gasteiger partial charge in [-0.25, -0.2) is 23.4 Å². The molecule has 37 heavy (non-hydrogen) atoms. The molecule has 10 nitrogen and oxygen atoms in total. The van der Waals surface area contributed by atoms with Crippen LogP contribution in [-0.4, -0.2) is 64.8 Å². The number of nitrogens with zero attached hydrogens (tertiary/aromatic N) is 5. The summed E-state index contributed by atoms with van der Waals surface area (Å²) in [5, 5.41) is 16.2. The molecular formula is C26H28N8O2S. The van der Waals surface area contributed by atoms with Gasteiger partial charge in [0.15, 0.2) is 0 Å². The second-order valence-corrected chi connectivity index (χ2v) is 11.1. The summed E-state index contributed by atoms with van der Waals surface area (Å²) in [4.78, 5) is 13.2. The van der Waals surface area contributed by atoms with E-state index in [4.69, 9.17) is 0 Å². The second kappa shape index (κ2) is 10.9. The number of fused-ring (bicyclic) bond motifs is 2. The minimum absolute atomic E-state index is 0.118. The van der Waals surface area contributed by atoms with Crippen LogP contribution in [0.4, 0.5) is 17.3 Å². The van der Waals surface area contributed by atoms with Crippen molar-refractivity contribution in [1.29, 1.82) is 0 Å². The van der Waals surface area contributed by atoms with E-state index in [1.165, 1.54) is 18.1 Å². The van der Waals surface area contributed by atoms with E-state index in [2.05, 4.69) is 60.3 Å². The molecule has 190 valence electrons. The summed E-state index contributed by atoms with van der Waals surface area (Å²) in [5.41, 5.74) is 3.88. The standard InChI is InChI=1S/C26H28N8O2S/c1-37(35,36)12-11-27-9-10-28-25-14-22-23(16-29-25)30-18-31-26(22)33-21-7-8-24-20(13-21)15-32-34(24)17-19-5-3-2-4-6-19/h2-8,13-16,18,27H,9-12,17H2,1H3,(H,28,29)(H,30,31,33). The van der Waals surface area contributed by atoms with Gasteiger partial charge in [-0.2, -0.15) is 5.10 Å². The van der Waals surface area contributed by atoms with E-state index in [1.807, 2.05) is 41.2 Å². The molecule has 0 unspecified atom stereocenters. The Bertz CT molecular complexity index is 1620. The molecule has 0 radical (unpaired) electrons. The third kappa shape index (κ3) is 6.38. The molecule has 3 aromatic heterocycles. The Labute approximate surface area is 215 Å². The van der Waals surface area contributed by atoms with Gasteiger partial charge in [-0.1, -0.05) is 30.3 Å². The maximum atomic E-state index is 11.2. The highest BCUT2D eigenvalue weighted by Gasteiger charge is 2.09. The van der Waals surface area contributed by atoms with E-state index >= 15 is 0 Å². The predicted molar refractivity (Wildman–Crippen MR) is 147 cm³/mol. The molecule has 0 aliphatic rings. The molecule has 0 saturated heterocycles. The normalized spacial score (nSPS) is 11.7. The Morgan fingerprint density at radius 3 is 2.62 bits per heavy atom. The van der Waals surface area contributed by atoms with Crippen molar-refractivity contribution < 1.29 is 8.42 Å². The number of anilines is 3. The zero-order chi connectivity index (χ0) is 25.7. The smallest absolute Gasteiger partial charge is 0.148 e. The summed E-state index contributed by atoms with van der Waals surface area (Å²) in [6.07, 6.45) is 6.33. The highest BCUT2D eigenvalue weighted by Crippen LogP contribution is 2.27. The van der Waals surface area contributed by atoms with Crippen LogP contribution in [-0.2, 0) is 16.4 Å². The van der Waals surface area contributed by atoms with E-state index in [-0.39, 0.29) is 5.75 Å². The van der Waals surface area contributed by atoms with Gasteiger partial charge in [-0.05, 0) is 29.8 Å². The van der Waals surface area contributed by atoms with Gasteiger partial charge in [0.25, 0.3) is 0 Å². The van der Waals surface area contributed by atoms with Gasteiger partial charge in [0, 0.05) is 42.3 Å². The molecule has 0 aliphatic heterocycles. The van der Waals surface area contributed by atoms with Gasteiger partial charge in [0.1, 0.15) is 27.8 Å². The SMILES string of the molecule is CS(=O)(=O)CCNCCNc1cc2c(Nc3ccc4c(cnn4Cc4ccccc4)c3)ncnc2cn1. The molecule has 5 rings (SSSR count). The molecule has 5 aromatic rings. The lowest BCUT2D eigenvalue weighted by Crippen LogP contribution is -2.27. The summed E-state index contributed by atoms with van der Waals surface area (Å²) >= 11 is 0. The van der Waals surface area contributed by atoms with Crippen LogP contribution in [0, 0.1) is 0 Å². The molecule has 0 atom stereocenters. The molecule has 0 fully saturated rings.